The van der Waals surface area contributed by atoms with Gasteiger partial charge in [-0.1, -0.05) is 0 Å². The molecule has 1 amide bonds. The van der Waals surface area contributed by atoms with Crippen molar-refractivity contribution in [3.05, 3.63) is 73.0 Å². The highest BCUT2D eigenvalue weighted by Gasteiger charge is 2.13. The molecule has 11 heteroatoms. The van der Waals surface area contributed by atoms with Crippen LogP contribution in [0.1, 0.15) is 5.56 Å². The summed E-state index contributed by atoms with van der Waals surface area (Å²) in [5, 5.41) is 13.9. The second-order valence-electron chi connectivity index (χ2n) is 6.33. The Labute approximate surface area is 183 Å². The number of ether oxygens (including phenoxy) is 2. The summed E-state index contributed by atoms with van der Waals surface area (Å²) in [7, 11) is 0. The summed E-state index contributed by atoms with van der Waals surface area (Å²) >= 11 is 3.13. The highest BCUT2D eigenvalue weighted by Crippen LogP contribution is 2.27. The van der Waals surface area contributed by atoms with E-state index in [1.165, 1.54) is 30.3 Å². The predicted octanol–water partition coefficient (Wildman–Crippen LogP) is 3.33. The summed E-state index contributed by atoms with van der Waals surface area (Å²) < 4.78 is 15.6. The lowest BCUT2D eigenvalue weighted by Crippen LogP contribution is -2.23. The first-order valence-electron chi connectivity index (χ1n) is 8.79. The number of nitrogens with zero attached hydrogens (tertiary/aromatic N) is 1. The number of nitro groups is 1. The van der Waals surface area contributed by atoms with E-state index in [4.69, 9.17) is 13.9 Å². The highest BCUT2D eigenvalue weighted by molar-refractivity contribution is 9.10. The van der Waals surface area contributed by atoms with E-state index in [0.717, 1.165) is 10.9 Å². The van der Waals surface area contributed by atoms with Gasteiger partial charge in [-0.15, -0.1) is 0 Å². The number of carbonyl (C=O) groups excluding carboxylic acids is 2. The average molecular weight is 491 g/mol. The molecule has 0 saturated heterocycles. The Bertz CT molecular complexity index is 1240. The van der Waals surface area contributed by atoms with Crippen LogP contribution in [0.3, 0.4) is 0 Å². The number of hydrogen-bond donors (Lipinski definition) is 1. The van der Waals surface area contributed by atoms with Crippen LogP contribution in [0, 0.1) is 17.0 Å². The molecule has 0 spiro atoms. The molecule has 1 heterocycles. The summed E-state index contributed by atoms with van der Waals surface area (Å²) in [5.41, 5.74) is 0.728. The Balaban J connectivity index is 1.51. The molecule has 0 aliphatic carbocycles. The Morgan fingerprint density at radius 1 is 1.16 bits per heavy atom. The van der Waals surface area contributed by atoms with Gasteiger partial charge in [-0.3, -0.25) is 14.9 Å². The van der Waals surface area contributed by atoms with Gasteiger partial charge in [0.1, 0.15) is 11.3 Å². The Kier molecular flexibility index (Phi) is 6.65. The molecule has 10 nitrogen and oxygen atoms in total. The predicted molar refractivity (Wildman–Crippen MR) is 113 cm³/mol. The minimum Gasteiger partial charge on any atom is -0.482 e. The molecule has 3 aromatic rings. The zero-order valence-corrected chi connectivity index (χ0v) is 17.6. The molecule has 2 aromatic carbocycles. The average Bonchev–Trinajstić information content (AvgIpc) is 2.71. The molecule has 31 heavy (non-hydrogen) atoms. The molecule has 3 rings (SSSR count). The molecule has 0 aliphatic rings. The largest absolute Gasteiger partial charge is 0.482 e. The summed E-state index contributed by atoms with van der Waals surface area (Å²) in [4.78, 5) is 45.4. The number of amides is 1. The number of non-ortho nitro benzene ring substituents is 1. The van der Waals surface area contributed by atoms with Gasteiger partial charge in [0.15, 0.2) is 13.2 Å². The van der Waals surface area contributed by atoms with E-state index in [0.29, 0.717) is 10.1 Å². The number of anilines is 1. The SMILES string of the molecule is Cc1cc(=O)oc2cc(OCC(=O)OCC(=O)Nc3ccc([N+](=O)[O-])cc3Br)ccc12. The molecular weight excluding hydrogens is 476 g/mol. The standard InChI is InChI=1S/C20H15BrN2O8/c1-11-6-19(25)31-17-8-13(3-4-14(11)17)29-10-20(26)30-9-18(24)22-16-5-2-12(23(27)28)7-15(16)21/h2-8H,9-10H2,1H3,(H,22,24). The number of aryl methyl sites for hydroxylation is 1. The van der Waals surface area contributed by atoms with Gasteiger partial charge in [0, 0.05) is 34.1 Å². The van der Waals surface area contributed by atoms with Gasteiger partial charge >= 0.3 is 11.6 Å². The summed E-state index contributed by atoms with van der Waals surface area (Å²) in [6, 6.07) is 9.99. The third kappa shape index (κ3) is 5.66. The number of nitrogens with one attached hydrogen (secondary N) is 1. The third-order valence-electron chi connectivity index (χ3n) is 4.08. The van der Waals surface area contributed by atoms with E-state index >= 15 is 0 Å². The van der Waals surface area contributed by atoms with Crippen LogP contribution in [0.15, 0.2) is 56.1 Å². The fourth-order valence-corrected chi connectivity index (χ4v) is 3.10. The lowest BCUT2D eigenvalue weighted by atomic mass is 10.1. The normalized spacial score (nSPS) is 10.5. The van der Waals surface area contributed by atoms with Crippen LogP contribution in [0.2, 0.25) is 0 Å². The van der Waals surface area contributed by atoms with E-state index in [1.807, 2.05) is 0 Å². The van der Waals surface area contributed by atoms with Crippen molar-refractivity contribution < 1.29 is 28.4 Å². The van der Waals surface area contributed by atoms with Gasteiger partial charge in [0.25, 0.3) is 11.6 Å². The first-order valence-corrected chi connectivity index (χ1v) is 9.59. The molecule has 1 N–H and O–H groups in total. The molecule has 0 saturated carbocycles. The van der Waals surface area contributed by atoms with E-state index in [2.05, 4.69) is 21.2 Å². The first kappa shape index (κ1) is 22.0. The molecule has 1 aromatic heterocycles. The smallest absolute Gasteiger partial charge is 0.344 e. The minimum absolute atomic E-state index is 0.142. The lowest BCUT2D eigenvalue weighted by molar-refractivity contribution is -0.384. The van der Waals surface area contributed by atoms with Crippen LogP contribution in [0.5, 0.6) is 5.75 Å². The van der Waals surface area contributed by atoms with Crippen molar-refractivity contribution in [2.24, 2.45) is 0 Å². The van der Waals surface area contributed by atoms with Crippen LogP contribution in [0.4, 0.5) is 11.4 Å². The molecule has 160 valence electrons. The van der Waals surface area contributed by atoms with Crippen molar-refractivity contribution in [1.82, 2.24) is 0 Å². The van der Waals surface area contributed by atoms with Crippen molar-refractivity contribution in [1.29, 1.82) is 0 Å². The Morgan fingerprint density at radius 3 is 2.65 bits per heavy atom. The van der Waals surface area contributed by atoms with Gasteiger partial charge in [-0.2, -0.15) is 0 Å². The zero-order valence-electron chi connectivity index (χ0n) is 16.0. The molecule has 0 atom stereocenters. The van der Waals surface area contributed by atoms with Crippen LogP contribution in [-0.4, -0.2) is 30.0 Å². The summed E-state index contributed by atoms with van der Waals surface area (Å²) in [6.45, 7) is 0.741. The molecule has 0 bridgehead atoms. The topological polar surface area (TPSA) is 138 Å². The highest BCUT2D eigenvalue weighted by atomic mass is 79.9. The maximum absolute atomic E-state index is 11.9. The van der Waals surface area contributed by atoms with Crippen LogP contribution in [-0.2, 0) is 14.3 Å². The molecule has 0 fully saturated rings. The van der Waals surface area contributed by atoms with Crippen molar-refractivity contribution >= 4 is 50.2 Å². The van der Waals surface area contributed by atoms with E-state index in [9.17, 15) is 24.5 Å². The van der Waals surface area contributed by atoms with Crippen molar-refractivity contribution in [2.45, 2.75) is 6.92 Å². The fourth-order valence-electron chi connectivity index (χ4n) is 2.63. The number of nitro benzene ring substituents is 1. The number of benzene rings is 2. The van der Waals surface area contributed by atoms with Gasteiger partial charge < -0.3 is 19.2 Å². The number of esters is 1. The molecule has 0 radical (unpaired) electrons. The Hall–Kier alpha value is -3.73. The van der Waals surface area contributed by atoms with Gasteiger partial charge in [0.05, 0.1) is 10.6 Å². The Morgan fingerprint density at radius 2 is 1.94 bits per heavy atom. The van der Waals surface area contributed by atoms with E-state index < -0.39 is 35.6 Å². The minimum atomic E-state index is -0.788. The number of hydrogen-bond acceptors (Lipinski definition) is 8. The molecule has 0 unspecified atom stereocenters. The summed E-state index contributed by atoms with van der Waals surface area (Å²) in [6.07, 6.45) is 0. The lowest BCUT2D eigenvalue weighted by Gasteiger charge is -2.09. The summed E-state index contributed by atoms with van der Waals surface area (Å²) in [5.74, 6) is -1.13. The van der Waals surface area contributed by atoms with Crippen molar-refractivity contribution in [3.8, 4) is 5.75 Å². The monoisotopic (exact) mass is 490 g/mol. The van der Waals surface area contributed by atoms with Crippen LogP contribution in [0.25, 0.3) is 11.0 Å². The van der Waals surface area contributed by atoms with Gasteiger partial charge in [-0.05, 0) is 46.6 Å². The van der Waals surface area contributed by atoms with Crippen LogP contribution >= 0.6 is 15.9 Å². The second kappa shape index (κ2) is 9.39. The van der Waals surface area contributed by atoms with Gasteiger partial charge in [0.2, 0.25) is 0 Å². The van der Waals surface area contributed by atoms with Gasteiger partial charge in [-0.25, -0.2) is 9.59 Å². The molecule has 0 aliphatic heterocycles. The van der Waals surface area contributed by atoms with Crippen molar-refractivity contribution in [3.63, 3.8) is 0 Å². The third-order valence-corrected chi connectivity index (χ3v) is 4.74. The molecular formula is C20H15BrN2O8. The quantitative estimate of drug-likeness (QED) is 0.230. The maximum atomic E-state index is 11.9. The fraction of sp³-hybridized carbons (Fsp3) is 0.150. The van der Waals surface area contributed by atoms with E-state index in [1.54, 1.807) is 19.1 Å². The van der Waals surface area contributed by atoms with E-state index in [-0.39, 0.29) is 17.1 Å². The van der Waals surface area contributed by atoms with Crippen molar-refractivity contribution in [2.75, 3.05) is 18.5 Å². The number of rotatable bonds is 7. The zero-order chi connectivity index (χ0) is 22.5. The second-order valence-corrected chi connectivity index (χ2v) is 7.18. The van der Waals surface area contributed by atoms with Crippen LogP contribution < -0.4 is 15.7 Å². The number of carbonyl (C=O) groups is 2. The first-order chi connectivity index (χ1) is 14.7. The maximum Gasteiger partial charge on any atom is 0.344 e. The number of halogens is 1. The number of fused-ring (bicyclic) bond motifs is 1.